The van der Waals surface area contributed by atoms with Crippen molar-refractivity contribution in [3.63, 3.8) is 0 Å². The van der Waals surface area contributed by atoms with Crippen LogP contribution in [0, 0.1) is 18.8 Å². The summed E-state index contributed by atoms with van der Waals surface area (Å²) in [6.07, 6.45) is 0. The lowest BCUT2D eigenvalue weighted by Crippen LogP contribution is -2.33. The second-order valence-corrected chi connectivity index (χ2v) is 5.21. The molecule has 1 amide bonds. The van der Waals surface area contributed by atoms with Crippen LogP contribution in [-0.4, -0.2) is 28.9 Å². The maximum Gasteiger partial charge on any atom is 0.339 e. The molecule has 1 aromatic heterocycles. The number of amides is 1. The average Bonchev–Trinajstić information content (AvgIpc) is 2.68. The van der Waals surface area contributed by atoms with Crippen molar-refractivity contribution >= 4 is 11.9 Å². The van der Waals surface area contributed by atoms with E-state index in [1.165, 1.54) is 6.07 Å². The zero-order valence-electron chi connectivity index (χ0n) is 12.1. The molecule has 0 saturated carbocycles. The van der Waals surface area contributed by atoms with Crippen molar-refractivity contribution in [2.24, 2.45) is 11.8 Å². The summed E-state index contributed by atoms with van der Waals surface area (Å²) in [7, 11) is 1.69. The molecule has 0 aliphatic heterocycles. The Labute approximate surface area is 113 Å². The van der Waals surface area contributed by atoms with E-state index in [1.54, 1.807) is 18.9 Å². The first-order valence-corrected chi connectivity index (χ1v) is 6.31. The lowest BCUT2D eigenvalue weighted by molar-refractivity contribution is -0.135. The van der Waals surface area contributed by atoms with Gasteiger partial charge in [-0.3, -0.25) is 4.79 Å². The van der Waals surface area contributed by atoms with E-state index in [0.717, 1.165) is 0 Å². The second kappa shape index (κ2) is 5.91. The van der Waals surface area contributed by atoms with Gasteiger partial charge in [-0.2, -0.15) is 0 Å². The van der Waals surface area contributed by atoms with Crippen molar-refractivity contribution in [1.29, 1.82) is 0 Å². The highest BCUT2D eigenvalue weighted by Crippen LogP contribution is 2.18. The third kappa shape index (κ3) is 3.59. The van der Waals surface area contributed by atoms with Gasteiger partial charge in [-0.1, -0.05) is 20.8 Å². The molecule has 1 heterocycles. The smallest absolute Gasteiger partial charge is 0.339 e. The van der Waals surface area contributed by atoms with Crippen LogP contribution in [0.25, 0.3) is 0 Å². The van der Waals surface area contributed by atoms with E-state index in [0.29, 0.717) is 11.5 Å². The Morgan fingerprint density at radius 2 is 1.95 bits per heavy atom. The summed E-state index contributed by atoms with van der Waals surface area (Å²) in [5.74, 6) is 0.0581. The molecule has 1 atom stereocenters. The van der Waals surface area contributed by atoms with Crippen LogP contribution in [0.15, 0.2) is 10.5 Å². The summed E-state index contributed by atoms with van der Waals surface area (Å²) in [6, 6.07) is 1.47. The molecule has 5 nitrogen and oxygen atoms in total. The van der Waals surface area contributed by atoms with Gasteiger partial charge in [0.2, 0.25) is 5.91 Å². The molecule has 0 aliphatic rings. The Bertz CT molecular complexity index is 476. The standard InChI is InChI=1S/C14H21NO4/c1-8(2)9(3)13(16)15(5)7-11-6-12(14(17)18)10(4)19-11/h6,8-9H,7H2,1-5H3,(H,17,18). The lowest BCUT2D eigenvalue weighted by Gasteiger charge is -2.22. The van der Waals surface area contributed by atoms with E-state index >= 15 is 0 Å². The van der Waals surface area contributed by atoms with E-state index in [2.05, 4.69) is 0 Å². The van der Waals surface area contributed by atoms with Crippen molar-refractivity contribution in [2.45, 2.75) is 34.2 Å². The monoisotopic (exact) mass is 267 g/mol. The van der Waals surface area contributed by atoms with Crippen molar-refractivity contribution < 1.29 is 19.1 Å². The highest BCUT2D eigenvalue weighted by atomic mass is 16.4. The molecule has 1 aromatic rings. The Hall–Kier alpha value is -1.78. The van der Waals surface area contributed by atoms with Gasteiger partial charge >= 0.3 is 5.97 Å². The molecule has 0 bridgehead atoms. The van der Waals surface area contributed by atoms with E-state index < -0.39 is 5.97 Å². The van der Waals surface area contributed by atoms with Crippen molar-refractivity contribution in [1.82, 2.24) is 4.90 Å². The number of nitrogens with zero attached hydrogens (tertiary/aromatic N) is 1. The fourth-order valence-corrected chi connectivity index (χ4v) is 1.78. The molecule has 1 unspecified atom stereocenters. The molecule has 106 valence electrons. The number of carbonyl (C=O) groups excluding carboxylic acids is 1. The predicted octanol–water partition coefficient (Wildman–Crippen LogP) is 2.54. The Morgan fingerprint density at radius 1 is 1.37 bits per heavy atom. The van der Waals surface area contributed by atoms with Gasteiger partial charge in [0.1, 0.15) is 17.1 Å². The molecule has 0 aliphatic carbocycles. The van der Waals surface area contributed by atoms with E-state index in [1.807, 2.05) is 20.8 Å². The first-order chi connectivity index (χ1) is 8.73. The second-order valence-electron chi connectivity index (χ2n) is 5.21. The van der Waals surface area contributed by atoms with Gasteiger partial charge < -0.3 is 14.4 Å². The number of rotatable bonds is 5. The summed E-state index contributed by atoms with van der Waals surface area (Å²) < 4.78 is 5.36. The first kappa shape index (κ1) is 15.3. The number of carboxylic acids is 1. The van der Waals surface area contributed by atoms with Crippen LogP contribution >= 0.6 is 0 Å². The third-order valence-corrected chi connectivity index (χ3v) is 3.36. The van der Waals surface area contributed by atoms with Crippen LogP contribution in [0.4, 0.5) is 0 Å². The van der Waals surface area contributed by atoms with Crippen molar-refractivity contribution in [3.8, 4) is 0 Å². The molecule has 5 heteroatoms. The molecule has 1 N–H and O–H groups in total. The molecule has 0 saturated heterocycles. The van der Waals surface area contributed by atoms with Crippen LogP contribution in [0.5, 0.6) is 0 Å². The van der Waals surface area contributed by atoms with Gasteiger partial charge in [0, 0.05) is 13.0 Å². The van der Waals surface area contributed by atoms with Crippen LogP contribution in [0.3, 0.4) is 0 Å². The zero-order valence-corrected chi connectivity index (χ0v) is 12.1. The van der Waals surface area contributed by atoms with E-state index in [-0.39, 0.29) is 29.9 Å². The lowest BCUT2D eigenvalue weighted by atomic mass is 9.97. The van der Waals surface area contributed by atoms with Gasteiger partial charge in [0.25, 0.3) is 0 Å². The summed E-state index contributed by atoms with van der Waals surface area (Å²) in [6.45, 7) is 7.76. The Morgan fingerprint density at radius 3 is 2.37 bits per heavy atom. The highest BCUT2D eigenvalue weighted by molar-refractivity contribution is 5.88. The molecular weight excluding hydrogens is 246 g/mol. The molecular formula is C14H21NO4. The fourth-order valence-electron chi connectivity index (χ4n) is 1.78. The number of furan rings is 1. The molecule has 0 spiro atoms. The Kier molecular flexibility index (Phi) is 4.75. The minimum Gasteiger partial charge on any atom is -0.478 e. The van der Waals surface area contributed by atoms with Crippen LogP contribution < -0.4 is 0 Å². The maximum absolute atomic E-state index is 12.1. The van der Waals surface area contributed by atoms with Crippen LogP contribution in [0.1, 0.15) is 42.6 Å². The number of hydrogen-bond donors (Lipinski definition) is 1. The highest BCUT2D eigenvalue weighted by Gasteiger charge is 2.22. The SMILES string of the molecule is Cc1oc(CN(C)C(=O)C(C)C(C)C)cc1C(=O)O. The van der Waals surface area contributed by atoms with Gasteiger partial charge in [-0.05, 0) is 18.9 Å². The normalized spacial score (nSPS) is 12.5. The number of aromatic carboxylic acids is 1. The fraction of sp³-hybridized carbons (Fsp3) is 0.571. The van der Waals surface area contributed by atoms with Crippen LogP contribution in [-0.2, 0) is 11.3 Å². The van der Waals surface area contributed by atoms with Gasteiger partial charge in [0.05, 0.1) is 6.54 Å². The summed E-state index contributed by atoms with van der Waals surface area (Å²) in [5.41, 5.74) is 0.146. The van der Waals surface area contributed by atoms with Crippen molar-refractivity contribution in [2.75, 3.05) is 7.05 Å². The van der Waals surface area contributed by atoms with Crippen LogP contribution in [0.2, 0.25) is 0 Å². The largest absolute Gasteiger partial charge is 0.478 e. The number of carboxylic acid groups (broad SMARTS) is 1. The average molecular weight is 267 g/mol. The quantitative estimate of drug-likeness (QED) is 0.890. The Balaban J connectivity index is 2.77. The molecule has 0 fully saturated rings. The minimum atomic E-state index is -1.02. The summed E-state index contributed by atoms with van der Waals surface area (Å²) in [4.78, 5) is 24.6. The minimum absolute atomic E-state index is 0.0286. The summed E-state index contributed by atoms with van der Waals surface area (Å²) in [5, 5.41) is 8.94. The molecule has 0 aromatic carbocycles. The third-order valence-electron chi connectivity index (χ3n) is 3.36. The molecule has 0 radical (unpaired) electrons. The topological polar surface area (TPSA) is 70.8 Å². The van der Waals surface area contributed by atoms with Gasteiger partial charge in [0.15, 0.2) is 0 Å². The first-order valence-electron chi connectivity index (χ1n) is 6.31. The predicted molar refractivity (Wildman–Crippen MR) is 70.9 cm³/mol. The molecule has 19 heavy (non-hydrogen) atoms. The van der Waals surface area contributed by atoms with Crippen molar-refractivity contribution in [3.05, 3.63) is 23.2 Å². The molecule has 1 rings (SSSR count). The zero-order chi connectivity index (χ0) is 14.7. The number of carbonyl (C=O) groups is 2. The van der Waals surface area contributed by atoms with E-state index in [9.17, 15) is 9.59 Å². The number of aryl methyl sites for hydroxylation is 1. The maximum atomic E-state index is 12.1. The van der Waals surface area contributed by atoms with Gasteiger partial charge in [-0.25, -0.2) is 4.79 Å². The number of hydrogen-bond acceptors (Lipinski definition) is 3. The van der Waals surface area contributed by atoms with Gasteiger partial charge in [-0.15, -0.1) is 0 Å². The van der Waals surface area contributed by atoms with E-state index in [4.69, 9.17) is 9.52 Å². The summed E-state index contributed by atoms with van der Waals surface area (Å²) >= 11 is 0.